The molecule has 0 fully saturated rings. The van der Waals surface area contributed by atoms with Crippen LogP contribution < -0.4 is 4.72 Å². The number of benzene rings is 1. The second-order valence-corrected chi connectivity index (χ2v) is 6.86. The predicted octanol–water partition coefficient (Wildman–Crippen LogP) is 2.28. The maximum atomic E-state index is 12.2. The fourth-order valence-electron chi connectivity index (χ4n) is 1.71. The average Bonchev–Trinajstić information content (AvgIpc) is 2.92. The van der Waals surface area contributed by atoms with Crippen LogP contribution in [0.5, 0.6) is 0 Å². The van der Waals surface area contributed by atoms with E-state index in [1.165, 1.54) is 23.5 Å². The normalized spacial score (nSPS) is 13.4. The van der Waals surface area contributed by atoms with E-state index in [0.717, 1.165) is 4.88 Å². The summed E-state index contributed by atoms with van der Waals surface area (Å²) >= 11 is 1.51. The van der Waals surface area contributed by atoms with Gasteiger partial charge in [0.05, 0.1) is 17.5 Å². The Morgan fingerprint density at radius 1 is 1.32 bits per heavy atom. The van der Waals surface area contributed by atoms with Gasteiger partial charge < -0.3 is 5.11 Å². The Balaban J connectivity index is 2.22. The molecule has 0 amide bonds. The molecule has 1 heterocycles. The molecule has 0 spiro atoms. The topological polar surface area (TPSA) is 66.4 Å². The zero-order valence-electron chi connectivity index (χ0n) is 10.4. The first-order valence-corrected chi connectivity index (χ1v) is 8.15. The van der Waals surface area contributed by atoms with E-state index in [1.807, 2.05) is 17.5 Å². The number of hydrogen-bond donors (Lipinski definition) is 2. The Labute approximate surface area is 116 Å². The zero-order valence-corrected chi connectivity index (χ0v) is 12.0. The SMILES string of the molecule is CC(NS(=O)(=O)c1cccc(CO)c1)c1cccs1. The molecule has 19 heavy (non-hydrogen) atoms. The summed E-state index contributed by atoms with van der Waals surface area (Å²) in [5.41, 5.74) is 0.576. The monoisotopic (exact) mass is 297 g/mol. The fourth-order valence-corrected chi connectivity index (χ4v) is 3.81. The summed E-state index contributed by atoms with van der Waals surface area (Å²) in [6.07, 6.45) is 0. The Kier molecular flexibility index (Phi) is 4.36. The number of aliphatic hydroxyl groups is 1. The van der Waals surface area contributed by atoms with Crippen LogP contribution in [0.1, 0.15) is 23.4 Å². The van der Waals surface area contributed by atoms with Crippen LogP contribution in [0.3, 0.4) is 0 Å². The summed E-state index contributed by atoms with van der Waals surface area (Å²) in [4.78, 5) is 1.13. The number of nitrogens with one attached hydrogen (secondary N) is 1. The van der Waals surface area contributed by atoms with Crippen LogP contribution in [-0.4, -0.2) is 13.5 Å². The van der Waals surface area contributed by atoms with Gasteiger partial charge >= 0.3 is 0 Å². The lowest BCUT2D eigenvalue weighted by Gasteiger charge is -2.13. The second kappa shape index (κ2) is 5.83. The third kappa shape index (κ3) is 3.42. The standard InChI is InChI=1S/C13H15NO3S2/c1-10(13-6-3-7-18-13)14-19(16,17)12-5-2-4-11(8-12)9-15/h2-8,10,14-15H,9H2,1H3. The van der Waals surface area contributed by atoms with Gasteiger partial charge in [-0.1, -0.05) is 18.2 Å². The van der Waals surface area contributed by atoms with Crippen molar-refractivity contribution in [3.8, 4) is 0 Å². The third-order valence-electron chi connectivity index (χ3n) is 2.69. The highest BCUT2D eigenvalue weighted by molar-refractivity contribution is 7.89. The molecule has 1 aromatic carbocycles. The summed E-state index contributed by atoms with van der Waals surface area (Å²) < 4.78 is 27.1. The molecule has 2 aromatic rings. The van der Waals surface area contributed by atoms with Crippen LogP contribution in [-0.2, 0) is 16.6 Å². The molecule has 6 heteroatoms. The summed E-state index contributed by atoms with van der Waals surface area (Å²) in [6.45, 7) is 1.63. The van der Waals surface area contributed by atoms with Crippen molar-refractivity contribution in [2.45, 2.75) is 24.5 Å². The minimum Gasteiger partial charge on any atom is -0.392 e. The number of thiophene rings is 1. The van der Waals surface area contributed by atoms with Crippen molar-refractivity contribution < 1.29 is 13.5 Å². The third-order valence-corrected chi connectivity index (χ3v) is 5.29. The van der Waals surface area contributed by atoms with E-state index in [4.69, 9.17) is 5.11 Å². The molecule has 2 rings (SSSR count). The van der Waals surface area contributed by atoms with Crippen molar-refractivity contribution in [3.63, 3.8) is 0 Å². The van der Waals surface area contributed by atoms with Crippen molar-refractivity contribution in [2.24, 2.45) is 0 Å². The van der Waals surface area contributed by atoms with Crippen LogP contribution in [0.2, 0.25) is 0 Å². The van der Waals surface area contributed by atoms with Crippen LogP contribution in [0.25, 0.3) is 0 Å². The van der Waals surface area contributed by atoms with Crippen molar-refractivity contribution in [3.05, 3.63) is 52.2 Å². The first-order valence-electron chi connectivity index (χ1n) is 5.78. The van der Waals surface area contributed by atoms with Crippen LogP contribution in [0.15, 0.2) is 46.7 Å². The average molecular weight is 297 g/mol. The number of rotatable bonds is 5. The van der Waals surface area contributed by atoms with E-state index in [0.29, 0.717) is 5.56 Å². The first kappa shape index (κ1) is 14.2. The highest BCUT2D eigenvalue weighted by Gasteiger charge is 2.19. The number of aliphatic hydroxyl groups excluding tert-OH is 1. The minimum atomic E-state index is -3.57. The molecule has 0 aliphatic rings. The van der Waals surface area contributed by atoms with Crippen molar-refractivity contribution in [2.75, 3.05) is 0 Å². The van der Waals surface area contributed by atoms with E-state index < -0.39 is 10.0 Å². The van der Waals surface area contributed by atoms with E-state index in [-0.39, 0.29) is 17.5 Å². The highest BCUT2D eigenvalue weighted by Crippen LogP contribution is 2.21. The van der Waals surface area contributed by atoms with Crippen LogP contribution in [0, 0.1) is 0 Å². The summed E-state index contributed by atoms with van der Waals surface area (Å²) in [5.74, 6) is 0. The molecule has 0 aliphatic carbocycles. The molecule has 1 unspecified atom stereocenters. The van der Waals surface area contributed by atoms with E-state index >= 15 is 0 Å². The van der Waals surface area contributed by atoms with Gasteiger partial charge in [0.25, 0.3) is 0 Å². The maximum Gasteiger partial charge on any atom is 0.241 e. The molecule has 0 saturated heterocycles. The Bertz CT molecular complexity index is 636. The van der Waals surface area contributed by atoms with Gasteiger partial charge in [0.1, 0.15) is 0 Å². The lowest BCUT2D eigenvalue weighted by molar-refractivity contribution is 0.281. The molecule has 0 radical (unpaired) electrons. The molecule has 0 bridgehead atoms. The summed E-state index contributed by atoms with van der Waals surface area (Å²) in [5, 5.41) is 11.0. The fraction of sp³-hybridized carbons (Fsp3) is 0.231. The maximum absolute atomic E-state index is 12.2. The smallest absolute Gasteiger partial charge is 0.241 e. The highest BCUT2D eigenvalue weighted by atomic mass is 32.2. The Morgan fingerprint density at radius 3 is 2.74 bits per heavy atom. The van der Waals surface area contributed by atoms with Gasteiger partial charge in [0, 0.05) is 4.88 Å². The molecule has 0 saturated carbocycles. The number of sulfonamides is 1. The van der Waals surface area contributed by atoms with Gasteiger partial charge in [0.2, 0.25) is 10.0 Å². The van der Waals surface area contributed by atoms with Crippen LogP contribution >= 0.6 is 11.3 Å². The van der Waals surface area contributed by atoms with Crippen LogP contribution in [0.4, 0.5) is 0 Å². The minimum absolute atomic E-state index is 0.169. The lowest BCUT2D eigenvalue weighted by atomic mass is 10.2. The van der Waals surface area contributed by atoms with Crippen molar-refractivity contribution >= 4 is 21.4 Å². The van der Waals surface area contributed by atoms with E-state index in [1.54, 1.807) is 19.1 Å². The van der Waals surface area contributed by atoms with Gasteiger partial charge in [-0.25, -0.2) is 13.1 Å². The molecular weight excluding hydrogens is 282 g/mol. The van der Waals surface area contributed by atoms with E-state index in [9.17, 15) is 8.42 Å². The Hall–Kier alpha value is -1.21. The molecule has 1 atom stereocenters. The largest absolute Gasteiger partial charge is 0.392 e. The number of hydrogen-bond acceptors (Lipinski definition) is 4. The van der Waals surface area contributed by atoms with Gasteiger partial charge in [0.15, 0.2) is 0 Å². The summed E-state index contributed by atoms with van der Waals surface area (Å²) in [6, 6.07) is 9.80. The molecule has 0 aliphatic heterocycles. The molecule has 4 nitrogen and oxygen atoms in total. The molecule has 1 aromatic heterocycles. The van der Waals surface area contributed by atoms with Crippen molar-refractivity contribution in [1.29, 1.82) is 0 Å². The second-order valence-electron chi connectivity index (χ2n) is 4.16. The summed E-state index contributed by atoms with van der Waals surface area (Å²) in [7, 11) is -3.57. The predicted molar refractivity (Wildman–Crippen MR) is 75.4 cm³/mol. The molecule has 102 valence electrons. The van der Waals surface area contributed by atoms with Gasteiger partial charge in [-0.15, -0.1) is 11.3 Å². The molecular formula is C13H15NO3S2. The van der Waals surface area contributed by atoms with Gasteiger partial charge in [-0.2, -0.15) is 0 Å². The Morgan fingerprint density at radius 2 is 2.11 bits per heavy atom. The quantitative estimate of drug-likeness (QED) is 0.890. The van der Waals surface area contributed by atoms with Crippen molar-refractivity contribution in [1.82, 2.24) is 4.72 Å². The molecule has 2 N–H and O–H groups in total. The first-order chi connectivity index (χ1) is 9.03. The van der Waals surface area contributed by atoms with Gasteiger partial charge in [-0.3, -0.25) is 0 Å². The van der Waals surface area contributed by atoms with E-state index in [2.05, 4.69) is 4.72 Å². The zero-order chi connectivity index (χ0) is 13.9. The lowest BCUT2D eigenvalue weighted by Crippen LogP contribution is -2.26. The van der Waals surface area contributed by atoms with Gasteiger partial charge in [-0.05, 0) is 36.1 Å².